The third-order valence-electron chi connectivity index (χ3n) is 5.35. The first-order valence-electron chi connectivity index (χ1n) is 10.3. The molecule has 0 spiro atoms. The van der Waals surface area contributed by atoms with E-state index >= 15 is 0 Å². The average molecular weight is 389 g/mol. The number of rotatable bonds is 7. The van der Waals surface area contributed by atoms with Crippen molar-refractivity contribution in [3.05, 3.63) is 65.9 Å². The number of aromatic amines is 1. The molecule has 1 unspecified atom stereocenters. The highest BCUT2D eigenvalue weighted by Crippen LogP contribution is 2.30. The number of hydrogen-bond acceptors (Lipinski definition) is 5. The Morgan fingerprint density at radius 1 is 1.03 bits per heavy atom. The monoisotopic (exact) mass is 388 g/mol. The number of aromatic nitrogens is 4. The van der Waals surface area contributed by atoms with Crippen LogP contribution in [-0.2, 0) is 6.42 Å². The van der Waals surface area contributed by atoms with Gasteiger partial charge in [-0.2, -0.15) is 5.21 Å². The van der Waals surface area contributed by atoms with E-state index in [-0.39, 0.29) is 0 Å². The zero-order valence-corrected chi connectivity index (χ0v) is 17.3. The van der Waals surface area contributed by atoms with Crippen molar-refractivity contribution in [2.45, 2.75) is 39.7 Å². The number of tetrazole rings is 1. The molecule has 6 nitrogen and oxygen atoms in total. The number of nitrogens with zero attached hydrogens (tertiary/aromatic N) is 4. The van der Waals surface area contributed by atoms with Crippen molar-refractivity contribution < 1.29 is 0 Å². The zero-order valence-electron chi connectivity index (χ0n) is 17.3. The quantitative estimate of drug-likeness (QED) is 0.634. The predicted molar refractivity (Wildman–Crippen MR) is 116 cm³/mol. The van der Waals surface area contributed by atoms with Crippen molar-refractivity contribution in [2.75, 3.05) is 6.54 Å². The Morgan fingerprint density at radius 3 is 2.45 bits per heavy atom. The molecule has 0 saturated heterocycles. The Morgan fingerprint density at radius 2 is 1.79 bits per heavy atom. The molecule has 0 bridgehead atoms. The Kier molecular flexibility index (Phi) is 5.71. The number of benzene rings is 2. The molecule has 0 radical (unpaired) electrons. The standard InChI is InChI=1S/C23H28N6/c1-4-13-29-19(15-22(26-29)16(2)3)14-17-9-11-18(12-10-17)20-7-5-6-8-21(20)23-24-27-28-25-23/h5-12,15-16,19,26H,4,13-14H2,1-3H3,(H,24,25,27,28). The first-order chi connectivity index (χ1) is 14.2. The number of nitrogens with one attached hydrogen (secondary N) is 2. The molecule has 2 heterocycles. The van der Waals surface area contributed by atoms with Gasteiger partial charge in [0.15, 0.2) is 0 Å². The molecule has 150 valence electrons. The van der Waals surface area contributed by atoms with Crippen LogP contribution in [0.5, 0.6) is 0 Å². The summed E-state index contributed by atoms with van der Waals surface area (Å²) in [7, 11) is 0. The van der Waals surface area contributed by atoms with Gasteiger partial charge in [-0.05, 0) is 46.7 Å². The lowest BCUT2D eigenvalue weighted by atomic mass is 9.96. The van der Waals surface area contributed by atoms with Gasteiger partial charge in [0.2, 0.25) is 5.82 Å². The highest BCUT2D eigenvalue weighted by molar-refractivity contribution is 5.80. The molecule has 1 aliphatic rings. The fourth-order valence-corrected chi connectivity index (χ4v) is 3.80. The van der Waals surface area contributed by atoms with Crippen LogP contribution in [0.3, 0.4) is 0 Å². The number of H-pyrrole nitrogens is 1. The summed E-state index contributed by atoms with van der Waals surface area (Å²) >= 11 is 0. The van der Waals surface area contributed by atoms with Gasteiger partial charge in [0.25, 0.3) is 0 Å². The maximum absolute atomic E-state index is 4.14. The number of hydrazine groups is 1. The summed E-state index contributed by atoms with van der Waals surface area (Å²) in [6.07, 6.45) is 4.52. The molecular weight excluding hydrogens is 360 g/mol. The molecule has 4 rings (SSSR count). The Bertz CT molecular complexity index is 959. The van der Waals surface area contributed by atoms with E-state index in [1.165, 1.54) is 11.3 Å². The summed E-state index contributed by atoms with van der Waals surface area (Å²) in [6.45, 7) is 7.75. The largest absolute Gasteiger partial charge is 0.322 e. The molecule has 29 heavy (non-hydrogen) atoms. The van der Waals surface area contributed by atoms with E-state index < -0.39 is 0 Å². The molecule has 0 fully saturated rings. The molecule has 3 aromatic rings. The highest BCUT2D eigenvalue weighted by atomic mass is 15.5. The van der Waals surface area contributed by atoms with Crippen LogP contribution in [0.4, 0.5) is 0 Å². The van der Waals surface area contributed by atoms with Crippen LogP contribution in [0.25, 0.3) is 22.5 Å². The molecule has 0 saturated carbocycles. The lowest BCUT2D eigenvalue weighted by molar-refractivity contribution is 0.190. The Balaban J connectivity index is 1.55. The van der Waals surface area contributed by atoms with Gasteiger partial charge in [-0.3, -0.25) is 0 Å². The van der Waals surface area contributed by atoms with Gasteiger partial charge in [0.05, 0.1) is 6.04 Å². The molecule has 2 aromatic carbocycles. The van der Waals surface area contributed by atoms with E-state index in [0.717, 1.165) is 36.1 Å². The van der Waals surface area contributed by atoms with Crippen molar-refractivity contribution in [3.63, 3.8) is 0 Å². The smallest absolute Gasteiger partial charge is 0.205 e. The van der Waals surface area contributed by atoms with Crippen LogP contribution >= 0.6 is 0 Å². The molecule has 1 atom stereocenters. The summed E-state index contributed by atoms with van der Waals surface area (Å²) in [5.74, 6) is 1.13. The number of hydrogen-bond donors (Lipinski definition) is 2. The SMILES string of the molecule is CCCN1NC(C(C)C)=CC1Cc1ccc(-c2ccccc2-c2nn[nH]n2)cc1. The predicted octanol–water partition coefficient (Wildman–Crippen LogP) is 4.21. The van der Waals surface area contributed by atoms with Crippen molar-refractivity contribution in [2.24, 2.45) is 5.92 Å². The van der Waals surface area contributed by atoms with E-state index in [1.807, 2.05) is 18.2 Å². The lowest BCUT2D eigenvalue weighted by Gasteiger charge is -2.25. The van der Waals surface area contributed by atoms with E-state index in [9.17, 15) is 0 Å². The topological polar surface area (TPSA) is 69.7 Å². The van der Waals surface area contributed by atoms with E-state index in [0.29, 0.717) is 17.8 Å². The molecule has 1 aromatic heterocycles. The van der Waals surface area contributed by atoms with Crippen molar-refractivity contribution in [3.8, 4) is 22.5 Å². The molecule has 1 aliphatic heterocycles. The van der Waals surface area contributed by atoms with Crippen molar-refractivity contribution >= 4 is 0 Å². The van der Waals surface area contributed by atoms with Gasteiger partial charge >= 0.3 is 0 Å². The van der Waals surface area contributed by atoms with E-state index in [2.05, 4.69) is 88.2 Å². The van der Waals surface area contributed by atoms with Gasteiger partial charge in [-0.15, -0.1) is 10.2 Å². The van der Waals surface area contributed by atoms with Crippen LogP contribution < -0.4 is 5.43 Å². The molecule has 6 heteroatoms. The Hall–Kier alpha value is -2.99. The zero-order chi connectivity index (χ0) is 20.2. The summed E-state index contributed by atoms with van der Waals surface area (Å²) in [4.78, 5) is 0. The van der Waals surface area contributed by atoms with Crippen LogP contribution in [0.2, 0.25) is 0 Å². The second-order valence-corrected chi connectivity index (χ2v) is 7.83. The maximum Gasteiger partial charge on any atom is 0.205 e. The molecular formula is C23H28N6. The first kappa shape index (κ1) is 19.3. The van der Waals surface area contributed by atoms with Gasteiger partial charge in [0, 0.05) is 17.8 Å². The van der Waals surface area contributed by atoms with Crippen molar-refractivity contribution in [1.82, 2.24) is 31.1 Å². The van der Waals surface area contributed by atoms with Crippen LogP contribution in [-0.4, -0.2) is 38.2 Å². The minimum absolute atomic E-state index is 0.393. The third-order valence-corrected chi connectivity index (χ3v) is 5.35. The van der Waals surface area contributed by atoms with Crippen LogP contribution in [0.15, 0.2) is 60.3 Å². The van der Waals surface area contributed by atoms with E-state index in [1.54, 1.807) is 0 Å². The normalized spacial score (nSPS) is 16.8. The summed E-state index contributed by atoms with van der Waals surface area (Å²) in [5, 5.41) is 16.9. The number of allylic oxidation sites excluding steroid dienone is 1. The molecule has 0 amide bonds. The second kappa shape index (κ2) is 8.57. The lowest BCUT2D eigenvalue weighted by Crippen LogP contribution is -2.40. The van der Waals surface area contributed by atoms with Crippen LogP contribution in [0, 0.1) is 5.92 Å². The van der Waals surface area contributed by atoms with Gasteiger partial charge < -0.3 is 5.43 Å². The van der Waals surface area contributed by atoms with E-state index in [4.69, 9.17) is 0 Å². The minimum atomic E-state index is 0.393. The van der Waals surface area contributed by atoms with Crippen LogP contribution in [0.1, 0.15) is 32.8 Å². The second-order valence-electron chi connectivity index (χ2n) is 7.83. The average Bonchev–Trinajstić information content (AvgIpc) is 3.40. The fourth-order valence-electron chi connectivity index (χ4n) is 3.80. The van der Waals surface area contributed by atoms with Gasteiger partial charge in [-0.25, -0.2) is 5.01 Å². The van der Waals surface area contributed by atoms with Crippen molar-refractivity contribution in [1.29, 1.82) is 0 Å². The fraction of sp³-hybridized carbons (Fsp3) is 0.348. The summed E-state index contributed by atoms with van der Waals surface area (Å²) < 4.78 is 0. The minimum Gasteiger partial charge on any atom is -0.322 e. The summed E-state index contributed by atoms with van der Waals surface area (Å²) in [5.41, 5.74) is 9.50. The summed E-state index contributed by atoms with van der Waals surface area (Å²) in [6, 6.07) is 17.4. The van der Waals surface area contributed by atoms with Gasteiger partial charge in [0.1, 0.15) is 0 Å². The maximum atomic E-state index is 4.14. The first-order valence-corrected chi connectivity index (χ1v) is 10.3. The highest BCUT2D eigenvalue weighted by Gasteiger charge is 2.25. The third kappa shape index (κ3) is 4.22. The molecule has 2 N–H and O–H groups in total. The molecule has 0 aliphatic carbocycles. The Labute approximate surface area is 172 Å². The van der Waals surface area contributed by atoms with Gasteiger partial charge in [-0.1, -0.05) is 69.3 Å².